The van der Waals surface area contributed by atoms with Crippen molar-refractivity contribution >= 4 is 5.97 Å². The minimum absolute atomic E-state index is 0.0591. The molecule has 0 spiro atoms. The van der Waals surface area contributed by atoms with E-state index in [1.54, 1.807) is 0 Å². The third kappa shape index (κ3) is 5.10. The maximum Gasteiger partial charge on any atom is 0.573 e. The molecule has 0 saturated heterocycles. The Labute approximate surface area is 122 Å². The number of alkyl halides is 5. The second-order valence-corrected chi connectivity index (χ2v) is 4.01. The van der Waals surface area contributed by atoms with Gasteiger partial charge in [-0.2, -0.15) is 0 Å². The second kappa shape index (κ2) is 7.34. The molecule has 0 amide bonds. The van der Waals surface area contributed by atoms with E-state index >= 15 is 0 Å². The summed E-state index contributed by atoms with van der Waals surface area (Å²) >= 11 is 0. The summed E-state index contributed by atoms with van der Waals surface area (Å²) in [5.41, 5.74) is 3.50. The largest absolute Gasteiger partial charge is 0.573 e. The molecule has 0 atom stereocenters. The number of nitrogens with two attached hydrogens (primary N) is 1. The van der Waals surface area contributed by atoms with E-state index in [9.17, 15) is 26.7 Å². The number of nitrogens with zero attached hydrogens (tertiary/aromatic N) is 1. The van der Waals surface area contributed by atoms with Crippen LogP contribution in [0.15, 0.2) is 6.07 Å². The first-order chi connectivity index (χ1) is 10.2. The Morgan fingerprint density at radius 2 is 2.05 bits per heavy atom. The minimum atomic E-state index is -5.17. The smallest absolute Gasteiger partial charge is 0.466 e. The van der Waals surface area contributed by atoms with Gasteiger partial charge in [-0.25, -0.2) is 8.78 Å². The summed E-state index contributed by atoms with van der Waals surface area (Å²) in [6.45, 7) is 1.06. The summed E-state index contributed by atoms with van der Waals surface area (Å²) in [4.78, 5) is 15.0. The van der Waals surface area contributed by atoms with Crippen LogP contribution in [0.25, 0.3) is 0 Å². The van der Waals surface area contributed by atoms with Crippen LogP contribution in [0.3, 0.4) is 0 Å². The summed E-state index contributed by atoms with van der Waals surface area (Å²) in [6, 6.07) is 0.630. The van der Waals surface area contributed by atoms with Crippen molar-refractivity contribution in [3.05, 3.63) is 23.0 Å². The van der Waals surface area contributed by atoms with Crippen LogP contribution in [0.5, 0.6) is 5.75 Å². The Bertz CT molecular complexity index is 534. The quantitative estimate of drug-likeness (QED) is 0.641. The summed E-state index contributed by atoms with van der Waals surface area (Å²) in [5.74, 6) is -1.89. The Kier molecular flexibility index (Phi) is 6.03. The number of hydrogen-bond donors (Lipinski definition) is 1. The van der Waals surface area contributed by atoms with E-state index in [2.05, 4.69) is 14.5 Å². The SMILES string of the molecule is CCOC(=O)Cc1cc(OC(F)(F)F)c(C(F)F)c(CN)n1. The zero-order valence-electron chi connectivity index (χ0n) is 11.4. The van der Waals surface area contributed by atoms with Crippen LogP contribution in [0.4, 0.5) is 22.0 Å². The molecule has 2 N–H and O–H groups in total. The van der Waals surface area contributed by atoms with E-state index in [-0.39, 0.29) is 12.3 Å². The minimum Gasteiger partial charge on any atom is -0.466 e. The molecule has 1 aromatic heterocycles. The van der Waals surface area contributed by atoms with Gasteiger partial charge in [-0.05, 0) is 6.92 Å². The fourth-order valence-electron chi connectivity index (χ4n) is 1.69. The lowest BCUT2D eigenvalue weighted by atomic mass is 10.1. The van der Waals surface area contributed by atoms with Crippen molar-refractivity contribution in [2.24, 2.45) is 5.73 Å². The number of halogens is 5. The zero-order chi connectivity index (χ0) is 16.9. The lowest BCUT2D eigenvalue weighted by Crippen LogP contribution is -2.20. The Morgan fingerprint density at radius 3 is 2.50 bits per heavy atom. The number of hydrogen-bond acceptors (Lipinski definition) is 5. The normalized spacial score (nSPS) is 11.6. The molecule has 10 heteroatoms. The molecule has 1 rings (SSSR count). The Morgan fingerprint density at radius 1 is 1.41 bits per heavy atom. The zero-order valence-corrected chi connectivity index (χ0v) is 11.4. The number of esters is 1. The average molecular weight is 328 g/mol. The van der Waals surface area contributed by atoms with Crippen LogP contribution in [0.2, 0.25) is 0 Å². The van der Waals surface area contributed by atoms with Crippen molar-refractivity contribution in [1.82, 2.24) is 4.98 Å². The van der Waals surface area contributed by atoms with Crippen molar-refractivity contribution in [3.8, 4) is 5.75 Å². The van der Waals surface area contributed by atoms with Crippen molar-refractivity contribution in [2.45, 2.75) is 32.7 Å². The lowest BCUT2D eigenvalue weighted by molar-refractivity contribution is -0.275. The van der Waals surface area contributed by atoms with E-state index in [1.165, 1.54) is 6.92 Å². The van der Waals surface area contributed by atoms with E-state index in [1.807, 2.05) is 0 Å². The third-order valence-electron chi connectivity index (χ3n) is 2.42. The molecule has 0 bridgehead atoms. The standard InChI is InChI=1S/C12H13F5N2O3/c1-2-21-9(20)4-6-3-8(22-12(15,16)17)10(11(13)14)7(5-18)19-6/h3,11H,2,4-5,18H2,1H3. The highest BCUT2D eigenvalue weighted by Crippen LogP contribution is 2.35. The fourth-order valence-corrected chi connectivity index (χ4v) is 1.69. The number of carbonyl (C=O) groups excluding carboxylic acids is 1. The van der Waals surface area contributed by atoms with Gasteiger partial charge in [-0.15, -0.1) is 13.2 Å². The summed E-state index contributed by atoms with van der Waals surface area (Å²) in [6.07, 6.45) is -8.92. The summed E-state index contributed by atoms with van der Waals surface area (Å²) in [5, 5.41) is 0. The van der Waals surface area contributed by atoms with E-state index in [0.29, 0.717) is 6.07 Å². The molecule has 0 radical (unpaired) electrons. The molecule has 1 heterocycles. The molecular formula is C12H13F5N2O3. The number of aromatic nitrogens is 1. The number of pyridine rings is 1. The molecular weight excluding hydrogens is 315 g/mol. The van der Waals surface area contributed by atoms with Gasteiger partial charge >= 0.3 is 12.3 Å². The molecule has 1 aromatic rings. The molecule has 22 heavy (non-hydrogen) atoms. The van der Waals surface area contributed by atoms with Crippen LogP contribution >= 0.6 is 0 Å². The van der Waals surface area contributed by atoms with Gasteiger partial charge in [0.25, 0.3) is 6.43 Å². The van der Waals surface area contributed by atoms with E-state index in [0.717, 1.165) is 0 Å². The molecule has 0 saturated carbocycles. The topological polar surface area (TPSA) is 74.4 Å². The van der Waals surface area contributed by atoms with Gasteiger partial charge in [0.1, 0.15) is 5.75 Å². The maximum absolute atomic E-state index is 12.9. The van der Waals surface area contributed by atoms with Crippen molar-refractivity contribution < 1.29 is 36.2 Å². The number of ether oxygens (including phenoxy) is 2. The van der Waals surface area contributed by atoms with Crippen molar-refractivity contribution in [1.29, 1.82) is 0 Å². The molecule has 0 aromatic carbocycles. The van der Waals surface area contributed by atoms with Gasteiger partial charge in [0.05, 0.1) is 30.0 Å². The van der Waals surface area contributed by atoms with Gasteiger partial charge < -0.3 is 15.2 Å². The number of rotatable bonds is 6. The summed E-state index contributed by atoms with van der Waals surface area (Å²) < 4.78 is 71.0. The van der Waals surface area contributed by atoms with Gasteiger partial charge in [0, 0.05) is 12.6 Å². The first-order valence-electron chi connectivity index (χ1n) is 6.10. The van der Waals surface area contributed by atoms with Crippen molar-refractivity contribution in [3.63, 3.8) is 0 Å². The first-order valence-corrected chi connectivity index (χ1v) is 6.10. The Balaban J connectivity index is 3.27. The average Bonchev–Trinajstić information content (AvgIpc) is 2.35. The van der Waals surface area contributed by atoms with Crippen molar-refractivity contribution in [2.75, 3.05) is 6.61 Å². The summed E-state index contributed by atoms with van der Waals surface area (Å²) in [7, 11) is 0. The first kappa shape index (κ1) is 18.1. The van der Waals surface area contributed by atoms with Gasteiger partial charge in [-0.3, -0.25) is 9.78 Å². The molecule has 0 aliphatic heterocycles. The van der Waals surface area contributed by atoms with E-state index in [4.69, 9.17) is 5.73 Å². The van der Waals surface area contributed by atoms with Gasteiger partial charge in [0.15, 0.2) is 0 Å². The van der Waals surface area contributed by atoms with Gasteiger partial charge in [-0.1, -0.05) is 0 Å². The predicted molar refractivity (Wildman–Crippen MR) is 64.1 cm³/mol. The fraction of sp³-hybridized carbons (Fsp3) is 0.500. The second-order valence-electron chi connectivity index (χ2n) is 4.01. The molecule has 0 fully saturated rings. The van der Waals surface area contributed by atoms with Crippen LogP contribution in [-0.4, -0.2) is 23.9 Å². The molecule has 124 valence electrons. The monoisotopic (exact) mass is 328 g/mol. The van der Waals surface area contributed by atoms with Crippen LogP contribution in [0, 0.1) is 0 Å². The maximum atomic E-state index is 12.9. The highest BCUT2D eigenvalue weighted by molar-refractivity contribution is 5.72. The lowest BCUT2D eigenvalue weighted by Gasteiger charge is -2.16. The van der Waals surface area contributed by atoms with Crippen LogP contribution in [0.1, 0.15) is 30.3 Å². The highest BCUT2D eigenvalue weighted by atomic mass is 19.4. The predicted octanol–water partition coefficient (Wildman–Crippen LogP) is 2.48. The van der Waals surface area contributed by atoms with E-state index < -0.39 is 48.7 Å². The number of carbonyl (C=O) groups is 1. The highest BCUT2D eigenvalue weighted by Gasteiger charge is 2.34. The third-order valence-corrected chi connectivity index (χ3v) is 2.42. The Hall–Kier alpha value is -1.97. The molecule has 0 unspecified atom stereocenters. The molecule has 0 aliphatic rings. The van der Waals surface area contributed by atoms with Gasteiger partial charge in [0.2, 0.25) is 0 Å². The van der Waals surface area contributed by atoms with Crippen LogP contribution in [-0.2, 0) is 22.5 Å². The van der Waals surface area contributed by atoms with Crippen LogP contribution < -0.4 is 10.5 Å². The molecule has 0 aliphatic carbocycles. The molecule has 5 nitrogen and oxygen atoms in total.